The van der Waals surface area contributed by atoms with Gasteiger partial charge in [0.2, 0.25) is 5.91 Å². The molecule has 1 atom stereocenters. The molecule has 2 aromatic rings. The number of nitrogens with one attached hydrogen (secondary N) is 1. The van der Waals surface area contributed by atoms with Gasteiger partial charge in [0.1, 0.15) is 12.2 Å². The monoisotopic (exact) mass is 432 g/mol. The second-order valence-electron chi connectivity index (χ2n) is 8.09. The first-order valence-electron chi connectivity index (χ1n) is 9.96. The van der Waals surface area contributed by atoms with Crippen molar-refractivity contribution in [2.75, 3.05) is 38.2 Å². The van der Waals surface area contributed by atoms with E-state index in [0.717, 1.165) is 43.7 Å². The van der Waals surface area contributed by atoms with Crippen molar-refractivity contribution in [1.29, 1.82) is 0 Å². The van der Waals surface area contributed by atoms with Crippen molar-refractivity contribution in [3.63, 3.8) is 0 Å². The first-order chi connectivity index (χ1) is 14.3. The molecule has 1 fully saturated rings. The van der Waals surface area contributed by atoms with Crippen molar-refractivity contribution in [3.8, 4) is 5.75 Å². The number of benzene rings is 1. The third kappa shape index (κ3) is 3.88. The number of nitrogens with zero attached hydrogens (tertiary/aromatic N) is 3. The van der Waals surface area contributed by atoms with Gasteiger partial charge in [-0.25, -0.2) is 9.97 Å². The Morgan fingerprint density at radius 2 is 2.00 bits per heavy atom. The van der Waals surface area contributed by atoms with E-state index >= 15 is 0 Å². The smallest absolute Gasteiger partial charge is 0.235 e. The van der Waals surface area contributed by atoms with Crippen molar-refractivity contribution in [1.82, 2.24) is 14.9 Å². The molecule has 0 aliphatic carbocycles. The number of carbonyl (C=O) groups is 1. The number of aliphatic hydroxyl groups is 2. The zero-order valence-corrected chi connectivity index (χ0v) is 17.5. The lowest BCUT2D eigenvalue weighted by Crippen LogP contribution is -2.47. The number of hydrogen-bond donors (Lipinski definition) is 3. The summed E-state index contributed by atoms with van der Waals surface area (Å²) in [5.74, 6) is 0.709. The summed E-state index contributed by atoms with van der Waals surface area (Å²) in [4.78, 5) is 23.1. The molecule has 3 heterocycles. The Kier molecular flexibility index (Phi) is 5.67. The van der Waals surface area contributed by atoms with Crippen LogP contribution in [0.2, 0.25) is 5.02 Å². The molecule has 1 aromatic carbocycles. The summed E-state index contributed by atoms with van der Waals surface area (Å²) in [6.45, 7) is 3.74. The fourth-order valence-corrected chi connectivity index (χ4v) is 4.24. The van der Waals surface area contributed by atoms with E-state index in [1.165, 1.54) is 19.3 Å². The number of halogens is 1. The maximum absolute atomic E-state index is 12.7. The van der Waals surface area contributed by atoms with Gasteiger partial charge in [0.25, 0.3) is 0 Å². The van der Waals surface area contributed by atoms with Crippen molar-refractivity contribution >= 4 is 23.2 Å². The summed E-state index contributed by atoms with van der Waals surface area (Å²) in [5, 5.41) is 22.8. The number of aliphatic hydroxyl groups excluding tert-OH is 1. The Morgan fingerprint density at radius 1 is 1.30 bits per heavy atom. The molecule has 1 unspecified atom stereocenters. The summed E-state index contributed by atoms with van der Waals surface area (Å²) in [7, 11) is 0. The molecule has 8 nitrogen and oxygen atoms in total. The minimum Gasteiger partial charge on any atom is -0.489 e. The van der Waals surface area contributed by atoms with Crippen LogP contribution in [-0.4, -0.2) is 63.8 Å². The maximum Gasteiger partial charge on any atom is 0.235 e. The number of amides is 1. The number of anilines is 1. The fraction of sp³-hybridized carbons (Fsp3) is 0.476. The van der Waals surface area contributed by atoms with Gasteiger partial charge in [-0.1, -0.05) is 11.6 Å². The molecule has 0 bridgehead atoms. The molecule has 1 spiro atoms. The Balaban J connectivity index is 1.30. The van der Waals surface area contributed by atoms with Gasteiger partial charge in [0.05, 0.1) is 24.4 Å². The molecule has 1 aromatic heterocycles. The van der Waals surface area contributed by atoms with E-state index in [2.05, 4.69) is 20.2 Å². The molecule has 30 heavy (non-hydrogen) atoms. The fourth-order valence-electron chi connectivity index (χ4n) is 4.07. The maximum atomic E-state index is 12.7. The van der Waals surface area contributed by atoms with E-state index in [1.807, 2.05) is 12.1 Å². The third-order valence-electron chi connectivity index (χ3n) is 5.98. The van der Waals surface area contributed by atoms with Crippen molar-refractivity contribution in [3.05, 3.63) is 47.0 Å². The summed E-state index contributed by atoms with van der Waals surface area (Å²) in [6, 6.07) is 5.58. The van der Waals surface area contributed by atoms with E-state index < -0.39 is 17.6 Å². The lowest BCUT2D eigenvalue weighted by Gasteiger charge is -2.37. The third-order valence-corrected chi connectivity index (χ3v) is 6.22. The molecule has 2 aliphatic rings. The quantitative estimate of drug-likeness (QED) is 0.637. The number of fused-ring (bicyclic) bond motifs is 2. The van der Waals surface area contributed by atoms with E-state index in [-0.39, 0.29) is 11.7 Å². The number of carbonyl (C=O) groups excluding carboxylic acids is 1. The lowest BCUT2D eigenvalue weighted by molar-refractivity contribution is -0.122. The Labute approximate surface area is 179 Å². The van der Waals surface area contributed by atoms with E-state index in [1.54, 1.807) is 6.07 Å². The Bertz CT molecular complexity index is 927. The molecular weight excluding hydrogens is 408 g/mol. The van der Waals surface area contributed by atoms with Gasteiger partial charge in [0, 0.05) is 17.3 Å². The van der Waals surface area contributed by atoms with Crippen molar-refractivity contribution in [2.24, 2.45) is 0 Å². The lowest BCUT2D eigenvalue weighted by atomic mass is 9.73. The predicted molar refractivity (Wildman–Crippen MR) is 112 cm³/mol. The van der Waals surface area contributed by atoms with Crippen LogP contribution in [0.5, 0.6) is 5.75 Å². The second kappa shape index (κ2) is 8.11. The predicted octanol–water partition coefficient (Wildman–Crippen LogP) is 1.69. The van der Waals surface area contributed by atoms with E-state index in [0.29, 0.717) is 17.4 Å². The summed E-state index contributed by atoms with van der Waals surface area (Å²) in [5.41, 5.74) is -0.0977. The molecular formula is C21H25ClN4O4. The molecule has 0 radical (unpaired) electrons. The van der Waals surface area contributed by atoms with Gasteiger partial charge in [-0.05, 0) is 56.6 Å². The number of ether oxygens (including phenoxy) is 1. The number of piperidine rings is 1. The summed E-state index contributed by atoms with van der Waals surface area (Å²) < 4.78 is 5.71. The van der Waals surface area contributed by atoms with Gasteiger partial charge in [-0.15, -0.1) is 0 Å². The van der Waals surface area contributed by atoms with Gasteiger partial charge < -0.3 is 20.3 Å². The number of aromatic nitrogens is 2. The van der Waals surface area contributed by atoms with Crippen LogP contribution in [0.3, 0.4) is 0 Å². The van der Waals surface area contributed by atoms with Gasteiger partial charge >= 0.3 is 0 Å². The highest BCUT2D eigenvalue weighted by Crippen LogP contribution is 2.45. The van der Waals surface area contributed by atoms with Crippen LogP contribution in [0.1, 0.15) is 31.2 Å². The number of likely N-dealkylation sites (tertiary alicyclic amines) is 1. The summed E-state index contributed by atoms with van der Waals surface area (Å²) in [6.07, 6.45) is 4.45. The molecule has 1 saturated heterocycles. The zero-order valence-electron chi connectivity index (χ0n) is 16.8. The number of rotatable bonds is 6. The van der Waals surface area contributed by atoms with Gasteiger partial charge in [-0.2, -0.15) is 0 Å². The van der Waals surface area contributed by atoms with Crippen LogP contribution in [0.4, 0.5) is 5.69 Å². The second-order valence-corrected chi connectivity index (χ2v) is 8.53. The zero-order chi connectivity index (χ0) is 21.4. The van der Waals surface area contributed by atoms with Crippen LogP contribution in [-0.2, 0) is 15.8 Å². The minimum absolute atomic E-state index is 0.0617. The van der Waals surface area contributed by atoms with Crippen molar-refractivity contribution in [2.45, 2.75) is 30.8 Å². The standard InChI is InChI=1S/C21H25ClN4O4/c1-20(29,13-27)18-23-11-15(12-24-18)30-9-8-26-6-4-21(5-7-26)16-10-14(22)2-3-17(16)25-19(21)28/h2-3,10-12,27,29H,4-9,13H2,1H3,(H,25,28). The molecule has 4 rings (SSSR count). The summed E-state index contributed by atoms with van der Waals surface area (Å²) >= 11 is 6.17. The molecule has 0 saturated carbocycles. The normalized spacial score (nSPS) is 19.9. The average molecular weight is 433 g/mol. The minimum atomic E-state index is -1.47. The van der Waals surface area contributed by atoms with E-state index in [9.17, 15) is 9.90 Å². The SMILES string of the molecule is CC(O)(CO)c1ncc(OCCN2CCC3(CC2)C(=O)Nc2ccc(Cl)cc23)cn1. The van der Waals surface area contributed by atoms with Crippen LogP contribution < -0.4 is 10.1 Å². The average Bonchev–Trinajstić information content (AvgIpc) is 3.01. The Hall–Kier alpha value is -2.26. The largest absolute Gasteiger partial charge is 0.489 e. The van der Waals surface area contributed by atoms with Crippen molar-refractivity contribution < 1.29 is 19.7 Å². The van der Waals surface area contributed by atoms with Crippen LogP contribution in [0.15, 0.2) is 30.6 Å². The van der Waals surface area contributed by atoms with Gasteiger partial charge in [0.15, 0.2) is 11.6 Å². The molecule has 160 valence electrons. The first-order valence-corrected chi connectivity index (χ1v) is 10.3. The Morgan fingerprint density at radius 3 is 2.67 bits per heavy atom. The topological polar surface area (TPSA) is 108 Å². The molecule has 1 amide bonds. The molecule has 9 heteroatoms. The first kappa shape index (κ1) is 21.0. The van der Waals surface area contributed by atoms with Crippen LogP contribution in [0.25, 0.3) is 0 Å². The number of hydrogen-bond acceptors (Lipinski definition) is 7. The molecule has 3 N–H and O–H groups in total. The molecule has 2 aliphatic heterocycles. The van der Waals surface area contributed by atoms with Crippen LogP contribution in [0, 0.1) is 0 Å². The van der Waals surface area contributed by atoms with Crippen LogP contribution >= 0.6 is 11.6 Å². The highest BCUT2D eigenvalue weighted by atomic mass is 35.5. The highest BCUT2D eigenvalue weighted by molar-refractivity contribution is 6.31. The highest BCUT2D eigenvalue weighted by Gasteiger charge is 2.48. The van der Waals surface area contributed by atoms with Gasteiger partial charge in [-0.3, -0.25) is 9.69 Å². The van der Waals surface area contributed by atoms with E-state index in [4.69, 9.17) is 21.4 Å².